The van der Waals surface area contributed by atoms with E-state index in [-0.39, 0.29) is 6.61 Å². The van der Waals surface area contributed by atoms with E-state index in [2.05, 4.69) is 16.8 Å². The molecule has 0 saturated carbocycles. The normalized spacial score (nSPS) is 9.53. The molecule has 17 heavy (non-hydrogen) atoms. The Balaban J connectivity index is 2.38. The summed E-state index contributed by atoms with van der Waals surface area (Å²) >= 11 is 0. The molecule has 1 aromatic heterocycles. The van der Waals surface area contributed by atoms with E-state index in [1.54, 1.807) is 18.5 Å². The molecule has 4 heteroatoms. The minimum Gasteiger partial charge on any atom is -0.492 e. The quantitative estimate of drug-likeness (QED) is 0.595. The van der Waals surface area contributed by atoms with Crippen LogP contribution in [-0.4, -0.2) is 36.5 Å². The zero-order valence-electron chi connectivity index (χ0n) is 9.98. The first-order valence-corrected chi connectivity index (χ1v) is 5.62. The monoisotopic (exact) mass is 235 g/mol. The number of rotatable bonds is 6. The summed E-state index contributed by atoms with van der Waals surface area (Å²) in [7, 11) is 0. The maximum absolute atomic E-state index is 8.58. The second-order valence-corrected chi connectivity index (χ2v) is 3.27. The Bertz CT molecular complexity index is 382. The van der Waals surface area contributed by atoms with Gasteiger partial charge in [-0.15, -0.1) is 0 Å². The summed E-state index contributed by atoms with van der Waals surface area (Å²) in [6.07, 6.45) is 4.13. The van der Waals surface area contributed by atoms with Crippen LogP contribution in [-0.2, 0) is 4.74 Å². The molecule has 1 aromatic rings. The number of nitrogens with zero attached hydrogens (tertiary/aromatic N) is 1. The topological polar surface area (TPSA) is 51.6 Å². The van der Waals surface area contributed by atoms with Gasteiger partial charge in [0.25, 0.3) is 0 Å². The summed E-state index contributed by atoms with van der Waals surface area (Å²) < 4.78 is 10.7. The van der Waals surface area contributed by atoms with Crippen LogP contribution in [0, 0.1) is 11.8 Å². The Morgan fingerprint density at radius 1 is 1.35 bits per heavy atom. The van der Waals surface area contributed by atoms with Crippen molar-refractivity contribution in [3.05, 3.63) is 24.0 Å². The second-order valence-electron chi connectivity index (χ2n) is 3.27. The summed E-state index contributed by atoms with van der Waals surface area (Å²) in [5.74, 6) is 6.03. The summed E-state index contributed by atoms with van der Waals surface area (Å²) in [4.78, 5) is 4.01. The van der Waals surface area contributed by atoms with E-state index in [1.165, 1.54) is 0 Å². The van der Waals surface area contributed by atoms with Crippen LogP contribution in [0.2, 0.25) is 0 Å². The lowest BCUT2D eigenvalue weighted by molar-refractivity contribution is 0.131. The van der Waals surface area contributed by atoms with Gasteiger partial charge in [0, 0.05) is 31.4 Å². The van der Waals surface area contributed by atoms with Crippen LogP contribution in [0.15, 0.2) is 18.5 Å². The molecule has 0 atom stereocenters. The van der Waals surface area contributed by atoms with Crippen LogP contribution in [0.5, 0.6) is 5.75 Å². The van der Waals surface area contributed by atoms with Gasteiger partial charge < -0.3 is 14.6 Å². The number of ether oxygens (including phenoxy) is 2. The first kappa shape index (κ1) is 13.5. The van der Waals surface area contributed by atoms with Crippen LogP contribution in [0.25, 0.3) is 0 Å². The SMILES string of the molecule is CCOCCCOc1cncc(C#CCO)c1. The average Bonchev–Trinajstić information content (AvgIpc) is 2.37. The van der Waals surface area contributed by atoms with Gasteiger partial charge in [-0.1, -0.05) is 11.8 Å². The molecule has 0 aliphatic rings. The predicted molar refractivity (Wildman–Crippen MR) is 64.8 cm³/mol. The van der Waals surface area contributed by atoms with E-state index >= 15 is 0 Å². The molecule has 1 N–H and O–H groups in total. The van der Waals surface area contributed by atoms with Gasteiger partial charge in [-0.25, -0.2) is 0 Å². The first-order chi connectivity index (χ1) is 8.36. The standard InChI is InChI=1S/C13H17NO3/c1-2-16-7-4-8-17-13-9-12(5-3-6-15)10-14-11-13/h9-11,15H,2,4,6-8H2,1H3. The Morgan fingerprint density at radius 3 is 3.00 bits per heavy atom. The predicted octanol–water partition coefficient (Wildman–Crippen LogP) is 1.23. The fraction of sp³-hybridized carbons (Fsp3) is 0.462. The lowest BCUT2D eigenvalue weighted by atomic mass is 10.3. The third-order valence-electron chi connectivity index (χ3n) is 1.93. The van der Waals surface area contributed by atoms with E-state index in [0.717, 1.165) is 18.6 Å². The van der Waals surface area contributed by atoms with Crippen molar-refractivity contribution < 1.29 is 14.6 Å². The van der Waals surface area contributed by atoms with E-state index in [1.807, 2.05) is 6.92 Å². The number of hydrogen-bond acceptors (Lipinski definition) is 4. The minimum atomic E-state index is -0.153. The zero-order valence-corrected chi connectivity index (χ0v) is 9.98. The van der Waals surface area contributed by atoms with Crippen molar-refractivity contribution in [3.63, 3.8) is 0 Å². The maximum Gasteiger partial charge on any atom is 0.138 e. The highest BCUT2D eigenvalue weighted by Gasteiger charge is 1.96. The third kappa shape index (κ3) is 5.91. The van der Waals surface area contributed by atoms with Crippen molar-refractivity contribution in [3.8, 4) is 17.6 Å². The van der Waals surface area contributed by atoms with Crippen molar-refractivity contribution in [1.29, 1.82) is 0 Å². The average molecular weight is 235 g/mol. The van der Waals surface area contributed by atoms with E-state index < -0.39 is 0 Å². The van der Waals surface area contributed by atoms with Gasteiger partial charge in [0.2, 0.25) is 0 Å². The highest BCUT2D eigenvalue weighted by atomic mass is 16.5. The van der Waals surface area contributed by atoms with Crippen molar-refractivity contribution >= 4 is 0 Å². The van der Waals surface area contributed by atoms with E-state index in [4.69, 9.17) is 14.6 Å². The fourth-order valence-electron chi connectivity index (χ4n) is 1.20. The minimum absolute atomic E-state index is 0.153. The molecule has 0 fully saturated rings. The molecule has 0 saturated heterocycles. The highest BCUT2D eigenvalue weighted by Crippen LogP contribution is 2.10. The maximum atomic E-state index is 8.58. The summed E-state index contributed by atoms with van der Waals surface area (Å²) in [6.45, 7) is 3.84. The van der Waals surface area contributed by atoms with Gasteiger partial charge >= 0.3 is 0 Å². The molecule has 0 bridgehead atoms. The number of aromatic nitrogens is 1. The van der Waals surface area contributed by atoms with Crippen molar-refractivity contribution in [2.24, 2.45) is 0 Å². The summed E-state index contributed by atoms with van der Waals surface area (Å²) in [6, 6.07) is 1.80. The van der Waals surface area contributed by atoms with Gasteiger partial charge in [-0.3, -0.25) is 4.98 Å². The molecule has 1 heterocycles. The number of hydrogen-bond donors (Lipinski definition) is 1. The second kappa shape index (κ2) is 8.57. The van der Waals surface area contributed by atoms with Crippen LogP contribution in [0.4, 0.5) is 0 Å². The lowest BCUT2D eigenvalue weighted by Crippen LogP contribution is -2.03. The molecular formula is C13H17NO3. The van der Waals surface area contributed by atoms with Crippen LogP contribution in [0.1, 0.15) is 18.9 Å². The van der Waals surface area contributed by atoms with Crippen LogP contribution < -0.4 is 4.74 Å². The highest BCUT2D eigenvalue weighted by molar-refractivity contribution is 5.36. The molecule has 0 radical (unpaired) electrons. The number of aliphatic hydroxyl groups is 1. The molecule has 0 aliphatic carbocycles. The molecule has 4 nitrogen and oxygen atoms in total. The molecule has 1 rings (SSSR count). The van der Waals surface area contributed by atoms with E-state index in [0.29, 0.717) is 19.0 Å². The zero-order chi connectivity index (χ0) is 12.3. The van der Waals surface area contributed by atoms with Crippen LogP contribution >= 0.6 is 0 Å². The first-order valence-electron chi connectivity index (χ1n) is 5.62. The summed E-state index contributed by atoms with van der Waals surface area (Å²) in [5, 5.41) is 8.58. The molecular weight excluding hydrogens is 218 g/mol. The Morgan fingerprint density at radius 2 is 2.24 bits per heavy atom. The van der Waals surface area contributed by atoms with Gasteiger partial charge in [-0.2, -0.15) is 0 Å². The molecule has 0 aromatic carbocycles. The molecule has 92 valence electrons. The number of aliphatic hydroxyl groups excluding tert-OH is 1. The van der Waals surface area contributed by atoms with Crippen molar-refractivity contribution in [1.82, 2.24) is 4.98 Å². The van der Waals surface area contributed by atoms with Gasteiger partial charge in [-0.05, 0) is 13.0 Å². The molecule has 0 unspecified atom stereocenters. The summed E-state index contributed by atoms with van der Waals surface area (Å²) in [5.41, 5.74) is 0.737. The fourth-order valence-corrected chi connectivity index (χ4v) is 1.20. The largest absolute Gasteiger partial charge is 0.492 e. The van der Waals surface area contributed by atoms with Gasteiger partial charge in [0.1, 0.15) is 12.4 Å². The Labute approximate surface area is 102 Å². The molecule has 0 amide bonds. The Kier molecular flexibility index (Phi) is 6.80. The van der Waals surface area contributed by atoms with Gasteiger partial charge in [0.05, 0.1) is 12.8 Å². The Hall–Kier alpha value is -1.57. The molecule has 0 aliphatic heterocycles. The number of pyridine rings is 1. The van der Waals surface area contributed by atoms with Crippen molar-refractivity contribution in [2.45, 2.75) is 13.3 Å². The van der Waals surface area contributed by atoms with Gasteiger partial charge in [0.15, 0.2) is 0 Å². The van der Waals surface area contributed by atoms with E-state index in [9.17, 15) is 0 Å². The van der Waals surface area contributed by atoms with Crippen molar-refractivity contribution in [2.75, 3.05) is 26.4 Å². The molecule has 0 spiro atoms. The third-order valence-corrected chi connectivity index (χ3v) is 1.93. The smallest absolute Gasteiger partial charge is 0.138 e. The van der Waals surface area contributed by atoms with Crippen LogP contribution in [0.3, 0.4) is 0 Å². The lowest BCUT2D eigenvalue weighted by Gasteiger charge is -2.05.